The van der Waals surface area contributed by atoms with Gasteiger partial charge in [-0.25, -0.2) is 9.97 Å². The third kappa shape index (κ3) is 5.80. The van der Waals surface area contributed by atoms with Gasteiger partial charge < -0.3 is 19.8 Å². The Morgan fingerprint density at radius 1 is 1.23 bits per heavy atom. The van der Waals surface area contributed by atoms with Crippen molar-refractivity contribution >= 4 is 29.5 Å². The van der Waals surface area contributed by atoms with E-state index in [1.165, 1.54) is 5.56 Å². The van der Waals surface area contributed by atoms with Crippen LogP contribution in [0.3, 0.4) is 0 Å². The summed E-state index contributed by atoms with van der Waals surface area (Å²) in [6.07, 6.45) is 2.39. The Bertz CT molecular complexity index is 986. The second-order valence-corrected chi connectivity index (χ2v) is 7.33. The van der Waals surface area contributed by atoms with E-state index in [4.69, 9.17) is 9.47 Å². The van der Waals surface area contributed by atoms with Gasteiger partial charge in [0.2, 0.25) is 0 Å². The number of fused-ring (bicyclic) bond motifs is 1. The number of carbonyl (C=O) groups is 1. The predicted octanol–water partition coefficient (Wildman–Crippen LogP) is 2.65. The van der Waals surface area contributed by atoms with E-state index in [9.17, 15) is 4.79 Å². The van der Waals surface area contributed by atoms with Gasteiger partial charge >= 0.3 is 0 Å². The topological polar surface area (TPSA) is 92.4 Å². The van der Waals surface area contributed by atoms with Gasteiger partial charge in [-0.15, -0.1) is 12.4 Å². The van der Waals surface area contributed by atoms with Gasteiger partial charge in [0.15, 0.2) is 5.65 Å². The van der Waals surface area contributed by atoms with E-state index in [-0.39, 0.29) is 18.3 Å². The Morgan fingerprint density at radius 2 is 2.00 bits per heavy atom. The van der Waals surface area contributed by atoms with E-state index >= 15 is 0 Å². The third-order valence-electron chi connectivity index (χ3n) is 5.18. The molecule has 8 nitrogen and oxygen atoms in total. The molecule has 1 aliphatic heterocycles. The van der Waals surface area contributed by atoms with Crippen LogP contribution in [0.4, 0.5) is 0 Å². The minimum absolute atomic E-state index is 0. The molecule has 9 heteroatoms. The zero-order valence-electron chi connectivity index (χ0n) is 17.6. The minimum Gasteiger partial charge on any atom is -0.385 e. The number of nitrogens with one attached hydrogen (secondary N) is 2. The molecule has 0 radical (unpaired) electrons. The molecule has 2 aromatic heterocycles. The lowest BCUT2D eigenvalue weighted by Gasteiger charge is -2.26. The summed E-state index contributed by atoms with van der Waals surface area (Å²) < 4.78 is 10.4. The number of ether oxygens (including phenoxy) is 2. The van der Waals surface area contributed by atoms with Crippen molar-refractivity contribution in [2.75, 3.05) is 46.6 Å². The molecule has 1 aliphatic rings. The largest absolute Gasteiger partial charge is 0.385 e. The van der Waals surface area contributed by atoms with E-state index in [2.05, 4.69) is 49.4 Å². The fourth-order valence-corrected chi connectivity index (χ4v) is 3.53. The van der Waals surface area contributed by atoms with Crippen molar-refractivity contribution in [1.82, 2.24) is 25.2 Å². The van der Waals surface area contributed by atoms with Gasteiger partial charge in [0.05, 0.1) is 18.8 Å². The lowest BCUT2D eigenvalue weighted by Crippen LogP contribution is -2.35. The smallest absolute Gasteiger partial charge is 0.253 e. The van der Waals surface area contributed by atoms with Crippen molar-refractivity contribution in [3.05, 3.63) is 47.7 Å². The molecule has 0 bridgehead atoms. The van der Waals surface area contributed by atoms with Crippen LogP contribution in [0.25, 0.3) is 22.6 Å². The maximum absolute atomic E-state index is 12.6. The Morgan fingerprint density at radius 3 is 2.74 bits per heavy atom. The zero-order chi connectivity index (χ0) is 20.8. The van der Waals surface area contributed by atoms with Crippen LogP contribution < -0.4 is 5.32 Å². The first-order valence-corrected chi connectivity index (χ1v) is 10.3. The standard InChI is InChI=1S/C22H27N5O3.ClH/c1-29-12-2-8-24-22(28)18-7-9-23-21-19(18)25-20(26-21)17-5-3-16(4-6-17)15-27-10-13-30-14-11-27;/h3-7,9H,2,8,10-15H2,1H3,(H,24,28)(H,23,25,26);1H. The Balaban J connectivity index is 0.00000272. The summed E-state index contributed by atoms with van der Waals surface area (Å²) in [5.74, 6) is 0.549. The van der Waals surface area contributed by atoms with Crippen LogP contribution in [0.5, 0.6) is 0 Å². The van der Waals surface area contributed by atoms with Gasteiger partial charge in [0.25, 0.3) is 5.91 Å². The average molecular weight is 446 g/mol. The highest BCUT2D eigenvalue weighted by Crippen LogP contribution is 2.22. The number of morpholine rings is 1. The molecular formula is C22H28ClN5O3. The van der Waals surface area contributed by atoms with E-state index in [0.717, 1.165) is 44.8 Å². The lowest BCUT2D eigenvalue weighted by molar-refractivity contribution is 0.0342. The highest BCUT2D eigenvalue weighted by atomic mass is 35.5. The van der Waals surface area contributed by atoms with E-state index < -0.39 is 0 Å². The van der Waals surface area contributed by atoms with Crippen molar-refractivity contribution in [2.45, 2.75) is 13.0 Å². The SMILES string of the molecule is COCCCNC(=O)c1ccnc2[nH]c(-c3ccc(CN4CCOCC4)cc3)nc12.Cl. The first-order chi connectivity index (χ1) is 14.7. The number of H-pyrrole nitrogens is 1. The molecule has 2 N–H and O–H groups in total. The summed E-state index contributed by atoms with van der Waals surface area (Å²) in [6.45, 7) is 5.61. The van der Waals surface area contributed by atoms with Crippen molar-refractivity contribution < 1.29 is 14.3 Å². The van der Waals surface area contributed by atoms with Gasteiger partial charge in [0, 0.05) is 51.7 Å². The number of imidazole rings is 1. The van der Waals surface area contributed by atoms with Gasteiger partial charge in [-0.2, -0.15) is 0 Å². The number of rotatable bonds is 8. The maximum atomic E-state index is 12.6. The van der Waals surface area contributed by atoms with Crippen LogP contribution in [0.1, 0.15) is 22.3 Å². The van der Waals surface area contributed by atoms with Crippen LogP contribution in [0.15, 0.2) is 36.5 Å². The Labute approximate surface area is 187 Å². The number of nitrogens with zero attached hydrogens (tertiary/aromatic N) is 3. The quantitative estimate of drug-likeness (QED) is 0.518. The summed E-state index contributed by atoms with van der Waals surface area (Å²) in [5.41, 5.74) is 3.92. The summed E-state index contributed by atoms with van der Waals surface area (Å²) in [4.78, 5) is 27.2. The maximum Gasteiger partial charge on any atom is 0.253 e. The average Bonchev–Trinajstić information content (AvgIpc) is 3.22. The van der Waals surface area contributed by atoms with Crippen LogP contribution >= 0.6 is 12.4 Å². The van der Waals surface area contributed by atoms with Crippen molar-refractivity contribution in [3.8, 4) is 11.4 Å². The highest BCUT2D eigenvalue weighted by molar-refractivity contribution is 6.04. The number of halogens is 1. The van der Waals surface area contributed by atoms with Gasteiger partial charge in [-0.3, -0.25) is 9.69 Å². The molecule has 0 atom stereocenters. The first kappa shape index (κ1) is 23.1. The normalized spacial score (nSPS) is 14.4. The van der Waals surface area contributed by atoms with Crippen LogP contribution in [0.2, 0.25) is 0 Å². The van der Waals surface area contributed by atoms with Crippen molar-refractivity contribution in [2.24, 2.45) is 0 Å². The highest BCUT2D eigenvalue weighted by Gasteiger charge is 2.15. The molecule has 1 fully saturated rings. The molecule has 1 aromatic carbocycles. The Kier molecular flexibility index (Phi) is 8.36. The molecule has 0 saturated carbocycles. The molecular weight excluding hydrogens is 418 g/mol. The van der Waals surface area contributed by atoms with E-state index in [1.54, 1.807) is 19.4 Å². The number of aromatic amines is 1. The molecule has 3 heterocycles. The fraction of sp³-hybridized carbons (Fsp3) is 0.409. The predicted molar refractivity (Wildman–Crippen MR) is 121 cm³/mol. The number of carbonyl (C=O) groups excluding carboxylic acids is 1. The molecule has 1 amide bonds. The minimum atomic E-state index is -0.155. The number of methoxy groups -OCH3 is 1. The second-order valence-electron chi connectivity index (χ2n) is 7.33. The number of benzene rings is 1. The van der Waals surface area contributed by atoms with Crippen molar-refractivity contribution in [1.29, 1.82) is 0 Å². The summed E-state index contributed by atoms with van der Waals surface area (Å²) >= 11 is 0. The monoisotopic (exact) mass is 445 g/mol. The molecule has 0 spiro atoms. The number of hydrogen-bond acceptors (Lipinski definition) is 6. The van der Waals surface area contributed by atoms with Gasteiger partial charge in [-0.05, 0) is 18.1 Å². The molecule has 1 saturated heterocycles. The van der Waals surface area contributed by atoms with E-state index in [0.29, 0.717) is 35.7 Å². The molecule has 0 aliphatic carbocycles. The van der Waals surface area contributed by atoms with Gasteiger partial charge in [0.1, 0.15) is 11.3 Å². The molecule has 31 heavy (non-hydrogen) atoms. The molecule has 166 valence electrons. The van der Waals surface area contributed by atoms with Crippen LogP contribution in [0, 0.1) is 0 Å². The summed E-state index contributed by atoms with van der Waals surface area (Å²) in [6, 6.07) is 10.0. The number of pyridine rings is 1. The number of hydrogen-bond donors (Lipinski definition) is 2. The van der Waals surface area contributed by atoms with Crippen molar-refractivity contribution in [3.63, 3.8) is 0 Å². The zero-order valence-corrected chi connectivity index (χ0v) is 18.4. The third-order valence-corrected chi connectivity index (χ3v) is 5.18. The summed E-state index contributed by atoms with van der Waals surface area (Å²) in [5, 5.41) is 2.91. The number of amides is 1. The number of aromatic nitrogens is 3. The molecule has 3 aromatic rings. The van der Waals surface area contributed by atoms with Crippen LogP contribution in [-0.4, -0.2) is 72.3 Å². The fourth-order valence-electron chi connectivity index (χ4n) is 3.53. The van der Waals surface area contributed by atoms with Gasteiger partial charge in [-0.1, -0.05) is 24.3 Å². The summed E-state index contributed by atoms with van der Waals surface area (Å²) in [7, 11) is 1.65. The molecule has 4 rings (SSSR count). The lowest BCUT2D eigenvalue weighted by atomic mass is 10.1. The second kappa shape index (κ2) is 11.2. The van der Waals surface area contributed by atoms with Crippen LogP contribution in [-0.2, 0) is 16.0 Å². The first-order valence-electron chi connectivity index (χ1n) is 10.3. The molecule has 0 unspecified atom stereocenters. The Hall–Kier alpha value is -2.52. The van der Waals surface area contributed by atoms with E-state index in [1.807, 2.05) is 0 Å².